The highest BCUT2D eigenvalue weighted by atomic mass is 15.3. The van der Waals surface area contributed by atoms with Crippen LogP contribution in [0.3, 0.4) is 0 Å². The minimum absolute atomic E-state index is 0.674. The number of anilines is 1. The monoisotopic (exact) mass is 205 g/mol. The molecule has 0 saturated carbocycles. The zero-order valence-electron chi connectivity index (χ0n) is 9.01. The molecule has 0 aliphatic heterocycles. The smallest absolute Gasteiger partial charge is 0.125 e. The summed E-state index contributed by atoms with van der Waals surface area (Å²) in [6.45, 7) is 5.56. The van der Waals surface area contributed by atoms with E-state index in [0.717, 1.165) is 23.6 Å². The average Bonchev–Trinajstić information content (AvgIpc) is 2.80. The van der Waals surface area contributed by atoms with E-state index in [9.17, 15) is 0 Å². The Morgan fingerprint density at radius 2 is 2.13 bits per heavy atom. The van der Waals surface area contributed by atoms with E-state index in [4.69, 9.17) is 5.73 Å². The van der Waals surface area contributed by atoms with Gasteiger partial charge in [-0.15, -0.1) is 0 Å². The second-order valence-electron chi connectivity index (χ2n) is 3.51. The Labute approximate surface area is 88.5 Å². The molecule has 15 heavy (non-hydrogen) atoms. The van der Waals surface area contributed by atoms with Gasteiger partial charge < -0.3 is 5.73 Å². The quantitative estimate of drug-likeness (QED) is 0.814. The van der Waals surface area contributed by atoms with Gasteiger partial charge in [-0.25, -0.2) is 4.68 Å². The second-order valence-corrected chi connectivity index (χ2v) is 3.51. The maximum absolute atomic E-state index is 5.88. The summed E-state index contributed by atoms with van der Waals surface area (Å²) in [6, 6.07) is 1.99. The summed E-state index contributed by atoms with van der Waals surface area (Å²) in [5.74, 6) is 0.721. The van der Waals surface area contributed by atoms with E-state index in [2.05, 4.69) is 17.1 Å². The predicted molar refractivity (Wildman–Crippen MR) is 58.4 cm³/mol. The normalized spacial score (nSPS) is 10.8. The van der Waals surface area contributed by atoms with Crippen molar-refractivity contribution in [1.82, 2.24) is 19.6 Å². The molecule has 0 aromatic carbocycles. The summed E-state index contributed by atoms with van der Waals surface area (Å²) < 4.78 is 3.73. The van der Waals surface area contributed by atoms with Crippen molar-refractivity contribution in [3.63, 3.8) is 0 Å². The predicted octanol–water partition coefficient (Wildman–Crippen LogP) is 1.04. The van der Waals surface area contributed by atoms with Gasteiger partial charge in [-0.2, -0.15) is 10.2 Å². The Morgan fingerprint density at radius 3 is 2.73 bits per heavy atom. The Hall–Kier alpha value is -1.78. The van der Waals surface area contributed by atoms with Crippen LogP contribution in [0.15, 0.2) is 18.5 Å². The fraction of sp³-hybridized carbons (Fsp3) is 0.400. The Kier molecular flexibility index (Phi) is 2.45. The highest BCUT2D eigenvalue weighted by Crippen LogP contribution is 2.11. The largest absolute Gasteiger partial charge is 0.384 e. The van der Waals surface area contributed by atoms with Gasteiger partial charge in [0.2, 0.25) is 0 Å². The van der Waals surface area contributed by atoms with E-state index >= 15 is 0 Å². The van der Waals surface area contributed by atoms with Gasteiger partial charge in [-0.3, -0.25) is 4.68 Å². The molecule has 0 saturated heterocycles. The lowest BCUT2D eigenvalue weighted by molar-refractivity contribution is 0.581. The first kappa shape index (κ1) is 9.76. The fourth-order valence-corrected chi connectivity index (χ4v) is 1.55. The van der Waals surface area contributed by atoms with E-state index in [1.165, 1.54) is 0 Å². The van der Waals surface area contributed by atoms with Crippen LogP contribution in [0.4, 0.5) is 5.82 Å². The standard InChI is InChI=1S/C10H15N5/c1-3-14-9(4-5-12-14)7-15-10(11)8(2)6-13-15/h4-6H,3,7,11H2,1-2H3. The third-order valence-electron chi connectivity index (χ3n) is 2.49. The summed E-state index contributed by atoms with van der Waals surface area (Å²) in [6.07, 6.45) is 3.58. The molecule has 2 rings (SSSR count). The van der Waals surface area contributed by atoms with E-state index in [0.29, 0.717) is 6.54 Å². The summed E-state index contributed by atoms with van der Waals surface area (Å²) in [5.41, 5.74) is 8.01. The number of aromatic nitrogens is 4. The fourth-order valence-electron chi connectivity index (χ4n) is 1.55. The first-order valence-corrected chi connectivity index (χ1v) is 5.01. The van der Waals surface area contributed by atoms with Gasteiger partial charge in [0.15, 0.2) is 0 Å². The molecule has 0 aliphatic carbocycles. The third kappa shape index (κ3) is 1.72. The molecule has 0 atom stereocenters. The third-order valence-corrected chi connectivity index (χ3v) is 2.49. The molecular weight excluding hydrogens is 190 g/mol. The van der Waals surface area contributed by atoms with Crippen molar-refractivity contribution < 1.29 is 0 Å². The van der Waals surface area contributed by atoms with Crippen LogP contribution in [0.5, 0.6) is 0 Å². The van der Waals surface area contributed by atoms with Crippen LogP contribution in [0, 0.1) is 6.92 Å². The zero-order chi connectivity index (χ0) is 10.8. The first-order valence-electron chi connectivity index (χ1n) is 5.01. The number of nitrogen functional groups attached to an aromatic ring is 1. The molecule has 2 N–H and O–H groups in total. The van der Waals surface area contributed by atoms with Gasteiger partial charge in [-0.1, -0.05) is 0 Å². The van der Waals surface area contributed by atoms with Crippen LogP contribution in [-0.2, 0) is 13.1 Å². The zero-order valence-corrected chi connectivity index (χ0v) is 9.01. The molecule has 0 fully saturated rings. The maximum Gasteiger partial charge on any atom is 0.125 e. The molecule has 0 aliphatic rings. The molecule has 0 spiro atoms. The minimum atomic E-state index is 0.674. The van der Waals surface area contributed by atoms with Crippen LogP contribution >= 0.6 is 0 Å². The average molecular weight is 205 g/mol. The number of nitrogens with two attached hydrogens (primary N) is 1. The number of hydrogen-bond acceptors (Lipinski definition) is 3. The van der Waals surface area contributed by atoms with Crippen molar-refractivity contribution in [1.29, 1.82) is 0 Å². The molecular formula is C10H15N5. The van der Waals surface area contributed by atoms with Gasteiger partial charge in [0, 0.05) is 18.3 Å². The molecule has 5 heteroatoms. The molecule has 80 valence electrons. The van der Waals surface area contributed by atoms with Crippen LogP contribution in [-0.4, -0.2) is 19.6 Å². The highest BCUT2D eigenvalue weighted by molar-refractivity contribution is 5.37. The Morgan fingerprint density at radius 1 is 1.33 bits per heavy atom. The first-order chi connectivity index (χ1) is 7.22. The van der Waals surface area contributed by atoms with Crippen LogP contribution in [0.25, 0.3) is 0 Å². The molecule has 0 radical (unpaired) electrons. The van der Waals surface area contributed by atoms with Gasteiger partial charge in [0.05, 0.1) is 18.4 Å². The lowest BCUT2D eigenvalue weighted by Gasteiger charge is -2.06. The van der Waals surface area contributed by atoms with Gasteiger partial charge >= 0.3 is 0 Å². The lowest BCUT2D eigenvalue weighted by atomic mass is 10.3. The SMILES string of the molecule is CCn1nccc1Cn1ncc(C)c1N. The van der Waals surface area contributed by atoms with Crippen molar-refractivity contribution in [2.45, 2.75) is 26.9 Å². The van der Waals surface area contributed by atoms with Crippen LogP contribution < -0.4 is 5.73 Å². The van der Waals surface area contributed by atoms with Crippen LogP contribution in [0.1, 0.15) is 18.2 Å². The minimum Gasteiger partial charge on any atom is -0.384 e. The van der Waals surface area contributed by atoms with Gasteiger partial charge in [0.25, 0.3) is 0 Å². The van der Waals surface area contributed by atoms with E-state index in [1.807, 2.05) is 17.7 Å². The van der Waals surface area contributed by atoms with Crippen molar-refractivity contribution in [2.24, 2.45) is 0 Å². The van der Waals surface area contributed by atoms with Crippen molar-refractivity contribution >= 4 is 5.82 Å². The van der Waals surface area contributed by atoms with E-state index in [1.54, 1.807) is 17.1 Å². The number of hydrogen-bond donors (Lipinski definition) is 1. The molecule has 2 aromatic heterocycles. The maximum atomic E-state index is 5.88. The molecule has 2 aromatic rings. The van der Waals surface area contributed by atoms with Gasteiger partial charge in [-0.05, 0) is 19.9 Å². The van der Waals surface area contributed by atoms with Crippen molar-refractivity contribution in [3.05, 3.63) is 29.7 Å². The Bertz CT molecular complexity index is 454. The molecule has 0 bridgehead atoms. The topological polar surface area (TPSA) is 61.7 Å². The van der Waals surface area contributed by atoms with E-state index in [-0.39, 0.29) is 0 Å². The van der Waals surface area contributed by atoms with Gasteiger partial charge in [0.1, 0.15) is 5.82 Å². The van der Waals surface area contributed by atoms with Crippen molar-refractivity contribution in [2.75, 3.05) is 5.73 Å². The van der Waals surface area contributed by atoms with E-state index < -0.39 is 0 Å². The molecule has 5 nitrogen and oxygen atoms in total. The van der Waals surface area contributed by atoms with Crippen LogP contribution in [0.2, 0.25) is 0 Å². The second kappa shape index (κ2) is 3.76. The highest BCUT2D eigenvalue weighted by Gasteiger charge is 2.06. The molecule has 0 unspecified atom stereocenters. The molecule has 2 heterocycles. The summed E-state index contributed by atoms with van der Waals surface area (Å²) >= 11 is 0. The Balaban J connectivity index is 2.25. The number of aryl methyl sites for hydroxylation is 2. The summed E-state index contributed by atoms with van der Waals surface area (Å²) in [4.78, 5) is 0. The lowest BCUT2D eigenvalue weighted by Crippen LogP contribution is -2.11. The summed E-state index contributed by atoms with van der Waals surface area (Å²) in [7, 11) is 0. The number of nitrogens with zero attached hydrogens (tertiary/aromatic N) is 4. The summed E-state index contributed by atoms with van der Waals surface area (Å²) in [5, 5.41) is 8.42. The molecule has 0 amide bonds. The number of rotatable bonds is 3. The van der Waals surface area contributed by atoms with Crippen molar-refractivity contribution in [3.8, 4) is 0 Å².